The van der Waals surface area contributed by atoms with E-state index in [1.54, 1.807) is 6.07 Å². The number of hydrogen-bond acceptors (Lipinski definition) is 2. The molecule has 124 valence electrons. The summed E-state index contributed by atoms with van der Waals surface area (Å²) in [4.78, 5) is 5.88. The minimum Gasteiger partial charge on any atom is -0.300 e. The first-order valence-electron chi connectivity index (χ1n) is 7.78. The summed E-state index contributed by atoms with van der Waals surface area (Å²) in [6, 6.07) is 6.76. The fourth-order valence-electron chi connectivity index (χ4n) is 3.49. The summed E-state index contributed by atoms with van der Waals surface area (Å²) in [5, 5.41) is 0.853. The number of aromatic nitrogens is 2. The Morgan fingerprint density at radius 2 is 1.96 bits per heavy atom. The van der Waals surface area contributed by atoms with E-state index < -0.39 is 12.4 Å². The van der Waals surface area contributed by atoms with Crippen LogP contribution in [0.5, 0.6) is 0 Å². The lowest BCUT2D eigenvalue weighted by Gasteiger charge is -2.24. The number of benzene rings is 1. The quantitative estimate of drug-likeness (QED) is 0.701. The van der Waals surface area contributed by atoms with Gasteiger partial charge in [-0.15, -0.1) is 0 Å². The third-order valence-electron chi connectivity index (χ3n) is 4.62. The molecule has 0 bridgehead atoms. The highest BCUT2D eigenvalue weighted by Gasteiger charge is 2.26. The van der Waals surface area contributed by atoms with Gasteiger partial charge in [0.15, 0.2) is 0 Å². The van der Waals surface area contributed by atoms with E-state index in [1.807, 2.05) is 24.1 Å². The summed E-state index contributed by atoms with van der Waals surface area (Å²) < 4.78 is 41.9. The third kappa shape index (κ3) is 2.38. The molecular formula is C18H16F3N3. The van der Waals surface area contributed by atoms with Gasteiger partial charge in [-0.3, -0.25) is 9.55 Å². The molecule has 0 radical (unpaired) electrons. The predicted molar refractivity (Wildman–Crippen MR) is 86.4 cm³/mol. The molecule has 0 fully saturated rings. The highest BCUT2D eigenvalue weighted by molar-refractivity contribution is 5.89. The molecule has 0 saturated carbocycles. The molecular weight excluding hydrogens is 315 g/mol. The van der Waals surface area contributed by atoms with Gasteiger partial charge in [-0.25, -0.2) is 4.39 Å². The monoisotopic (exact) mass is 331 g/mol. The number of fused-ring (bicyclic) bond motifs is 3. The Bertz CT molecular complexity index is 917. The van der Waals surface area contributed by atoms with Gasteiger partial charge in [-0.2, -0.15) is 8.78 Å². The van der Waals surface area contributed by atoms with Crippen molar-refractivity contribution in [2.24, 2.45) is 0 Å². The average molecular weight is 331 g/mol. The van der Waals surface area contributed by atoms with Crippen molar-refractivity contribution in [3.05, 3.63) is 53.7 Å². The summed E-state index contributed by atoms with van der Waals surface area (Å²) >= 11 is 0. The fraction of sp³-hybridized carbons (Fsp3) is 0.278. The first-order valence-corrected chi connectivity index (χ1v) is 7.78. The largest absolute Gasteiger partial charge is 0.319 e. The maximum atomic E-state index is 13.7. The van der Waals surface area contributed by atoms with E-state index in [0.717, 1.165) is 34.7 Å². The van der Waals surface area contributed by atoms with Crippen molar-refractivity contribution in [2.75, 3.05) is 13.6 Å². The lowest BCUT2D eigenvalue weighted by Crippen LogP contribution is -2.27. The van der Waals surface area contributed by atoms with Crippen LogP contribution in [0, 0.1) is 5.82 Å². The van der Waals surface area contributed by atoms with Gasteiger partial charge >= 0.3 is 6.55 Å². The minimum atomic E-state index is -2.61. The molecule has 4 rings (SSSR count). The molecule has 0 spiro atoms. The minimum absolute atomic E-state index is 0.447. The Kier molecular flexibility index (Phi) is 3.57. The molecule has 0 aliphatic carbocycles. The van der Waals surface area contributed by atoms with E-state index in [0.29, 0.717) is 28.9 Å². The second-order valence-electron chi connectivity index (χ2n) is 6.18. The van der Waals surface area contributed by atoms with Gasteiger partial charge in [0.2, 0.25) is 0 Å². The van der Waals surface area contributed by atoms with Crippen LogP contribution in [0.3, 0.4) is 0 Å². The lowest BCUT2D eigenvalue weighted by atomic mass is 10.0. The molecule has 3 heterocycles. The van der Waals surface area contributed by atoms with Crippen molar-refractivity contribution in [2.45, 2.75) is 19.5 Å². The van der Waals surface area contributed by atoms with E-state index in [-0.39, 0.29) is 0 Å². The van der Waals surface area contributed by atoms with Crippen LogP contribution in [0.25, 0.3) is 22.0 Å². The molecule has 0 atom stereocenters. The van der Waals surface area contributed by atoms with Crippen molar-refractivity contribution in [3.63, 3.8) is 0 Å². The normalized spacial score (nSPS) is 15.2. The van der Waals surface area contributed by atoms with Crippen LogP contribution in [-0.2, 0) is 13.0 Å². The summed E-state index contributed by atoms with van der Waals surface area (Å²) in [5.74, 6) is -0.447. The standard InChI is InChI=1S/C18H16F3N3/c1-23-5-4-15-14-3-2-11(12-6-13(19)9-22-8-12)7-16(14)24(18(20)21)17(15)10-23/h2-3,6-9,18H,4-5,10H2,1H3. The van der Waals surface area contributed by atoms with Crippen molar-refractivity contribution >= 4 is 10.9 Å². The fourth-order valence-corrected chi connectivity index (χ4v) is 3.49. The van der Waals surface area contributed by atoms with Crippen molar-refractivity contribution in [1.29, 1.82) is 0 Å². The van der Waals surface area contributed by atoms with Gasteiger partial charge in [0.05, 0.1) is 11.7 Å². The molecule has 3 aromatic rings. The number of pyridine rings is 1. The molecule has 2 aromatic heterocycles. The van der Waals surface area contributed by atoms with Crippen LogP contribution < -0.4 is 0 Å². The number of likely N-dealkylation sites (N-methyl/N-ethyl adjacent to an activating group) is 1. The number of halogens is 3. The molecule has 24 heavy (non-hydrogen) atoms. The number of rotatable bonds is 2. The van der Waals surface area contributed by atoms with Crippen molar-refractivity contribution < 1.29 is 13.2 Å². The van der Waals surface area contributed by atoms with E-state index in [1.165, 1.54) is 12.3 Å². The third-order valence-corrected chi connectivity index (χ3v) is 4.62. The van der Waals surface area contributed by atoms with Gasteiger partial charge in [0, 0.05) is 35.9 Å². The lowest BCUT2D eigenvalue weighted by molar-refractivity contribution is 0.0691. The van der Waals surface area contributed by atoms with Crippen LogP contribution in [0.1, 0.15) is 17.8 Å². The van der Waals surface area contributed by atoms with Crippen molar-refractivity contribution in [3.8, 4) is 11.1 Å². The Balaban J connectivity index is 1.95. The summed E-state index contributed by atoms with van der Waals surface area (Å²) in [6.45, 7) is -1.25. The second kappa shape index (κ2) is 5.63. The Morgan fingerprint density at radius 1 is 1.12 bits per heavy atom. The molecule has 1 aromatic carbocycles. The van der Waals surface area contributed by atoms with Crippen LogP contribution in [0.4, 0.5) is 13.2 Å². The van der Waals surface area contributed by atoms with Gasteiger partial charge in [-0.05, 0) is 36.7 Å². The molecule has 1 aliphatic rings. The first-order chi connectivity index (χ1) is 11.5. The first kappa shape index (κ1) is 15.2. The Hall–Kier alpha value is -2.34. The zero-order chi connectivity index (χ0) is 16.8. The van der Waals surface area contributed by atoms with Gasteiger partial charge < -0.3 is 4.90 Å². The van der Waals surface area contributed by atoms with Crippen LogP contribution >= 0.6 is 0 Å². The van der Waals surface area contributed by atoms with Gasteiger partial charge in [0.1, 0.15) is 5.82 Å². The molecule has 0 unspecified atom stereocenters. The SMILES string of the molecule is CN1CCc2c(n(C(F)F)c3cc(-c4cncc(F)c4)ccc23)C1. The molecule has 0 amide bonds. The van der Waals surface area contributed by atoms with Crippen LogP contribution in [-0.4, -0.2) is 28.0 Å². The number of hydrogen-bond donors (Lipinski definition) is 0. The topological polar surface area (TPSA) is 21.1 Å². The van der Waals surface area contributed by atoms with Crippen LogP contribution in [0.15, 0.2) is 36.7 Å². The Morgan fingerprint density at radius 3 is 2.71 bits per heavy atom. The predicted octanol–water partition coefficient (Wildman–Crippen LogP) is 4.23. The summed E-state index contributed by atoms with van der Waals surface area (Å²) in [6.07, 6.45) is 3.41. The Labute approximate surface area is 137 Å². The molecule has 0 N–H and O–H groups in total. The maximum Gasteiger partial charge on any atom is 0.319 e. The average Bonchev–Trinajstić information content (AvgIpc) is 2.87. The zero-order valence-corrected chi connectivity index (χ0v) is 13.1. The highest BCUT2D eigenvalue weighted by atomic mass is 19.3. The van der Waals surface area contributed by atoms with Gasteiger partial charge in [-0.1, -0.05) is 12.1 Å². The maximum absolute atomic E-state index is 13.7. The smallest absolute Gasteiger partial charge is 0.300 e. The van der Waals surface area contributed by atoms with E-state index in [9.17, 15) is 13.2 Å². The van der Waals surface area contributed by atoms with Gasteiger partial charge in [0.25, 0.3) is 0 Å². The summed E-state index contributed by atoms with van der Waals surface area (Å²) in [5.41, 5.74) is 3.41. The number of alkyl halides is 2. The highest BCUT2D eigenvalue weighted by Crippen LogP contribution is 2.36. The van der Waals surface area contributed by atoms with E-state index >= 15 is 0 Å². The molecule has 1 aliphatic heterocycles. The molecule has 3 nitrogen and oxygen atoms in total. The molecule has 6 heteroatoms. The van der Waals surface area contributed by atoms with E-state index in [4.69, 9.17) is 0 Å². The van der Waals surface area contributed by atoms with Crippen LogP contribution in [0.2, 0.25) is 0 Å². The van der Waals surface area contributed by atoms with Crippen molar-refractivity contribution in [1.82, 2.24) is 14.5 Å². The van der Waals surface area contributed by atoms with E-state index in [2.05, 4.69) is 4.98 Å². The number of nitrogens with zero attached hydrogens (tertiary/aromatic N) is 3. The molecule has 0 saturated heterocycles. The second-order valence-corrected chi connectivity index (χ2v) is 6.18. The summed E-state index contributed by atoms with van der Waals surface area (Å²) in [7, 11) is 1.93. The zero-order valence-electron chi connectivity index (χ0n) is 13.1.